The summed E-state index contributed by atoms with van der Waals surface area (Å²) >= 11 is 6.53. The Morgan fingerprint density at radius 1 is 0.684 bits per heavy atom. The maximum absolute atomic E-state index is 11.9. The van der Waals surface area contributed by atoms with Gasteiger partial charge in [-0.2, -0.15) is 0 Å². The summed E-state index contributed by atoms with van der Waals surface area (Å²) in [6.07, 6.45) is 16.4. The molecule has 0 aromatic carbocycles. The molecule has 8 fully saturated rings. The van der Waals surface area contributed by atoms with Gasteiger partial charge < -0.3 is 29.5 Å². The van der Waals surface area contributed by atoms with Crippen LogP contribution in [0.3, 0.4) is 0 Å². The number of aliphatic hydroxyl groups excluding tert-OH is 2. The van der Waals surface area contributed by atoms with Crippen LogP contribution in [0, 0.1) is 35.5 Å². The number of aliphatic hydroxyl groups is 2. The molecular weight excluding hydrogens is 512 g/mol. The van der Waals surface area contributed by atoms with E-state index in [0.29, 0.717) is 13.0 Å². The first kappa shape index (κ1) is 30.0. The number of rotatable bonds is 10. The molecule has 0 spiro atoms. The second kappa shape index (κ2) is 13.6. The number of esters is 1. The first-order valence-corrected chi connectivity index (χ1v) is 15.1. The molecule has 38 heavy (non-hydrogen) atoms. The van der Waals surface area contributed by atoms with Crippen molar-refractivity contribution >= 4 is 23.5 Å². The Hall–Kier alpha value is -0.930. The number of carboxylic acid groups (broad SMARTS) is 1. The van der Waals surface area contributed by atoms with E-state index >= 15 is 0 Å². The fourth-order valence-corrected chi connectivity index (χ4v) is 9.63. The molecule has 0 unspecified atom stereocenters. The van der Waals surface area contributed by atoms with Gasteiger partial charge in [0, 0.05) is 18.1 Å². The molecule has 0 atom stereocenters. The highest BCUT2D eigenvalue weighted by molar-refractivity contribution is 6.24. The number of carboxylic acids is 1. The number of hydrogen-bond acceptors (Lipinski definition) is 7. The van der Waals surface area contributed by atoms with Crippen molar-refractivity contribution < 1.29 is 39.1 Å². The van der Waals surface area contributed by atoms with E-state index in [9.17, 15) is 9.59 Å². The Bertz CT molecular complexity index is 716. The molecule has 8 bridgehead atoms. The largest absolute Gasteiger partial charge is 0.480 e. The van der Waals surface area contributed by atoms with Crippen molar-refractivity contribution in [2.24, 2.45) is 35.5 Å². The summed E-state index contributed by atoms with van der Waals surface area (Å²) in [7, 11) is 0. The van der Waals surface area contributed by atoms with Crippen molar-refractivity contribution in [3.05, 3.63) is 0 Å². The molecule has 8 aliphatic carbocycles. The van der Waals surface area contributed by atoms with Crippen LogP contribution in [0.4, 0.5) is 0 Å². The van der Waals surface area contributed by atoms with Crippen LogP contribution >= 0.6 is 11.6 Å². The molecule has 0 aromatic rings. The van der Waals surface area contributed by atoms with Crippen LogP contribution in [0.25, 0.3) is 0 Å². The van der Waals surface area contributed by atoms with Crippen molar-refractivity contribution in [2.75, 3.05) is 39.6 Å². The Labute approximate surface area is 231 Å². The van der Waals surface area contributed by atoms with Crippen molar-refractivity contribution in [2.45, 2.75) is 93.9 Å². The van der Waals surface area contributed by atoms with E-state index in [-0.39, 0.29) is 49.5 Å². The Morgan fingerprint density at radius 2 is 1.13 bits per heavy atom. The van der Waals surface area contributed by atoms with Gasteiger partial charge in [0.25, 0.3) is 0 Å². The molecule has 0 aromatic heterocycles. The van der Waals surface area contributed by atoms with Crippen LogP contribution in [-0.4, -0.2) is 77.4 Å². The molecule has 3 N–H and O–H groups in total. The van der Waals surface area contributed by atoms with Gasteiger partial charge in [-0.1, -0.05) is 0 Å². The first-order chi connectivity index (χ1) is 18.2. The summed E-state index contributed by atoms with van der Waals surface area (Å²) in [6.45, 7) is 0.179. The summed E-state index contributed by atoms with van der Waals surface area (Å²) in [6, 6.07) is 0. The van der Waals surface area contributed by atoms with Crippen LogP contribution in [-0.2, 0) is 23.8 Å². The SMILES string of the molecule is ClC12CC3CC(CC(C3)C1)C2.O=C(COCCCO)OC12CC3CC(CC(C3)C1)C2.O=C(O)COCCO. The number of ether oxygens (including phenoxy) is 3. The highest BCUT2D eigenvalue weighted by Crippen LogP contribution is 2.58. The molecule has 0 radical (unpaired) electrons. The third kappa shape index (κ3) is 8.53. The van der Waals surface area contributed by atoms with Crippen LogP contribution in [0.1, 0.15) is 83.5 Å². The van der Waals surface area contributed by atoms with Crippen LogP contribution in [0.5, 0.6) is 0 Å². The highest BCUT2D eigenvalue weighted by Gasteiger charge is 2.53. The Kier molecular flexibility index (Phi) is 10.8. The summed E-state index contributed by atoms with van der Waals surface area (Å²) in [5.74, 6) is 4.16. The van der Waals surface area contributed by atoms with E-state index < -0.39 is 5.97 Å². The highest BCUT2D eigenvalue weighted by atomic mass is 35.5. The van der Waals surface area contributed by atoms with Gasteiger partial charge in [-0.25, -0.2) is 9.59 Å². The minimum absolute atomic E-state index is 0.0295. The van der Waals surface area contributed by atoms with Gasteiger partial charge in [0.15, 0.2) is 0 Å². The van der Waals surface area contributed by atoms with Crippen LogP contribution in [0.15, 0.2) is 0 Å². The Morgan fingerprint density at radius 3 is 1.53 bits per heavy atom. The summed E-state index contributed by atoms with van der Waals surface area (Å²) in [5.41, 5.74) is -0.161. The fourth-order valence-electron chi connectivity index (χ4n) is 8.98. The molecule has 8 aliphatic rings. The van der Waals surface area contributed by atoms with Crippen molar-refractivity contribution in [1.29, 1.82) is 0 Å². The predicted molar refractivity (Wildman–Crippen MR) is 142 cm³/mol. The zero-order valence-corrected chi connectivity index (χ0v) is 23.4. The fraction of sp³-hybridized carbons (Fsp3) is 0.931. The molecule has 0 amide bonds. The van der Waals surface area contributed by atoms with Crippen LogP contribution < -0.4 is 0 Å². The van der Waals surface area contributed by atoms with Gasteiger partial charge in [0.2, 0.25) is 0 Å². The number of hydrogen-bond donors (Lipinski definition) is 3. The maximum Gasteiger partial charge on any atom is 0.332 e. The van der Waals surface area contributed by atoms with Gasteiger partial charge in [-0.15, -0.1) is 11.6 Å². The van der Waals surface area contributed by atoms with Crippen molar-refractivity contribution in [3.63, 3.8) is 0 Å². The van der Waals surface area contributed by atoms with E-state index in [0.717, 1.165) is 54.8 Å². The molecule has 0 saturated heterocycles. The Balaban J connectivity index is 0.000000149. The monoisotopic (exact) mass is 558 g/mol. The zero-order valence-electron chi connectivity index (χ0n) is 22.7. The maximum atomic E-state index is 11.9. The van der Waals surface area contributed by atoms with E-state index in [4.69, 9.17) is 36.4 Å². The topological polar surface area (TPSA) is 123 Å². The lowest BCUT2D eigenvalue weighted by Gasteiger charge is -2.55. The number of alkyl halides is 1. The number of carbonyl (C=O) groups excluding carboxylic acids is 1. The first-order valence-electron chi connectivity index (χ1n) is 14.7. The molecule has 8 rings (SSSR count). The molecule has 8 nitrogen and oxygen atoms in total. The van der Waals surface area contributed by atoms with Crippen LogP contribution in [0.2, 0.25) is 0 Å². The number of carbonyl (C=O) groups is 2. The summed E-state index contributed by atoms with van der Waals surface area (Å²) < 4.78 is 15.4. The lowest BCUT2D eigenvalue weighted by molar-refractivity contribution is -0.190. The van der Waals surface area contributed by atoms with Gasteiger partial charge >= 0.3 is 11.9 Å². The minimum Gasteiger partial charge on any atom is -0.480 e. The number of halogens is 1. The lowest BCUT2D eigenvalue weighted by Crippen LogP contribution is -2.53. The smallest absolute Gasteiger partial charge is 0.332 e. The molecular formula is C29H47ClO8. The van der Waals surface area contributed by atoms with E-state index in [1.807, 2.05) is 0 Å². The molecule has 0 heterocycles. The van der Waals surface area contributed by atoms with Gasteiger partial charge in [-0.3, -0.25) is 0 Å². The average molecular weight is 559 g/mol. The molecule has 0 aliphatic heterocycles. The van der Waals surface area contributed by atoms with Gasteiger partial charge in [0.1, 0.15) is 18.8 Å². The van der Waals surface area contributed by atoms with Gasteiger partial charge in [0.05, 0.1) is 13.2 Å². The minimum atomic E-state index is -1.02. The normalized spacial score (nSPS) is 39.1. The van der Waals surface area contributed by atoms with Gasteiger partial charge in [-0.05, 0) is 119 Å². The third-order valence-electron chi connectivity index (χ3n) is 9.40. The molecule has 218 valence electrons. The second-order valence-corrected chi connectivity index (χ2v) is 13.7. The molecule has 9 heteroatoms. The average Bonchev–Trinajstić information content (AvgIpc) is 2.80. The van der Waals surface area contributed by atoms with E-state index in [1.165, 1.54) is 57.8 Å². The standard InChI is InChI=1S/C15H24O4.C10H15Cl.C4H8O4/c16-2-1-3-18-10-14(17)19-15-7-11-4-12(8-15)6-13(5-11)9-15;11-10-4-7-1-8(5-10)3-9(2-7)6-10;5-1-2-8-3-4(6)7/h11-13,16H,1-10H2;7-9H,1-6H2;5H,1-3H2,(H,6,7). The van der Waals surface area contributed by atoms with Crippen molar-refractivity contribution in [1.82, 2.24) is 0 Å². The summed E-state index contributed by atoms with van der Waals surface area (Å²) in [5, 5.41) is 24.6. The van der Waals surface area contributed by atoms with E-state index in [2.05, 4.69) is 4.74 Å². The zero-order chi connectivity index (χ0) is 27.2. The molecule has 8 saturated carbocycles. The van der Waals surface area contributed by atoms with Crippen molar-refractivity contribution in [3.8, 4) is 0 Å². The third-order valence-corrected chi connectivity index (χ3v) is 9.87. The lowest BCUT2D eigenvalue weighted by atomic mass is 9.54. The quantitative estimate of drug-likeness (QED) is 0.207. The second-order valence-electron chi connectivity index (χ2n) is 12.9. The predicted octanol–water partition coefficient (Wildman–Crippen LogP) is 4.17. The summed E-state index contributed by atoms with van der Waals surface area (Å²) in [4.78, 5) is 21.8. The number of aliphatic carboxylic acids is 1. The van der Waals surface area contributed by atoms with E-state index in [1.54, 1.807) is 0 Å².